The minimum absolute atomic E-state index is 0.0703. The first-order valence-electron chi connectivity index (χ1n) is 10.2. The molecule has 0 fully saturated rings. The maximum atomic E-state index is 13.1. The van der Waals surface area contributed by atoms with E-state index in [4.69, 9.17) is 4.74 Å². The minimum atomic E-state index is -4.52. The summed E-state index contributed by atoms with van der Waals surface area (Å²) in [6.45, 7) is 0. The molecule has 0 aliphatic heterocycles. The van der Waals surface area contributed by atoms with Crippen LogP contribution in [0.15, 0.2) is 69.9 Å². The molecule has 0 atom stereocenters. The topological polar surface area (TPSA) is 85.7 Å². The van der Waals surface area contributed by atoms with E-state index in [0.717, 1.165) is 28.8 Å². The molecule has 0 saturated carbocycles. The van der Waals surface area contributed by atoms with E-state index in [-0.39, 0.29) is 22.5 Å². The molecule has 5 aromatic rings. The molecule has 1 N–H and O–H groups in total. The summed E-state index contributed by atoms with van der Waals surface area (Å²) in [4.78, 5) is 20.2. The molecule has 0 unspecified atom stereocenters. The first-order valence-corrected chi connectivity index (χ1v) is 12.1. The molecule has 3 aromatic heterocycles. The van der Waals surface area contributed by atoms with Crippen LogP contribution in [0.2, 0.25) is 0 Å². The highest BCUT2D eigenvalue weighted by Gasteiger charge is 2.30. The molecule has 0 radical (unpaired) electrons. The summed E-state index contributed by atoms with van der Waals surface area (Å²) in [7, 11) is 1.57. The van der Waals surface area contributed by atoms with E-state index < -0.39 is 17.3 Å². The van der Waals surface area contributed by atoms with Crippen LogP contribution in [0.1, 0.15) is 11.4 Å². The number of hydrogen-bond donors (Lipinski definition) is 1. The minimum Gasteiger partial charge on any atom is -0.495 e. The maximum Gasteiger partial charge on any atom is 0.416 e. The van der Waals surface area contributed by atoms with Gasteiger partial charge in [0, 0.05) is 0 Å². The van der Waals surface area contributed by atoms with Crippen LogP contribution in [0.3, 0.4) is 0 Å². The number of aromatic amines is 1. The number of nitrogens with one attached hydrogen (secondary N) is 1. The van der Waals surface area contributed by atoms with Crippen LogP contribution in [-0.2, 0) is 11.9 Å². The number of aromatic nitrogens is 5. The Kier molecular flexibility index (Phi) is 6.07. The zero-order chi connectivity index (χ0) is 24.6. The van der Waals surface area contributed by atoms with Gasteiger partial charge in [-0.25, -0.2) is 0 Å². The zero-order valence-electron chi connectivity index (χ0n) is 18.0. The molecule has 0 aliphatic carbocycles. The monoisotopic (exact) mass is 515 g/mol. The fourth-order valence-corrected chi connectivity index (χ4v) is 5.05. The van der Waals surface area contributed by atoms with Gasteiger partial charge in [-0.1, -0.05) is 30.0 Å². The second kappa shape index (κ2) is 9.19. The van der Waals surface area contributed by atoms with Crippen molar-refractivity contribution >= 4 is 34.0 Å². The van der Waals surface area contributed by atoms with Crippen molar-refractivity contribution in [3.05, 3.63) is 81.7 Å². The number of thiophene rings is 1. The van der Waals surface area contributed by atoms with Gasteiger partial charge in [0.1, 0.15) is 11.6 Å². The van der Waals surface area contributed by atoms with Gasteiger partial charge in [-0.2, -0.15) is 18.2 Å². The van der Waals surface area contributed by atoms with Gasteiger partial charge in [0.05, 0.1) is 39.9 Å². The zero-order valence-corrected chi connectivity index (χ0v) is 19.7. The van der Waals surface area contributed by atoms with Crippen LogP contribution in [0.5, 0.6) is 5.75 Å². The normalized spacial score (nSPS) is 11.8. The van der Waals surface area contributed by atoms with Crippen molar-refractivity contribution in [1.82, 2.24) is 24.7 Å². The quantitative estimate of drug-likeness (QED) is 0.299. The summed E-state index contributed by atoms with van der Waals surface area (Å²) in [5, 5.41) is 11.2. The number of benzene rings is 2. The lowest BCUT2D eigenvalue weighted by molar-refractivity contribution is -0.137. The Morgan fingerprint density at radius 3 is 2.69 bits per heavy atom. The maximum absolute atomic E-state index is 13.1. The lowest BCUT2D eigenvalue weighted by atomic mass is 10.1. The molecule has 0 aliphatic rings. The number of hydrogen-bond acceptors (Lipinski definition) is 7. The molecule has 0 saturated heterocycles. The molecule has 2 aromatic carbocycles. The van der Waals surface area contributed by atoms with Gasteiger partial charge in [-0.3, -0.25) is 9.36 Å². The lowest BCUT2D eigenvalue weighted by Gasteiger charge is -2.13. The molecule has 5 rings (SSSR count). The van der Waals surface area contributed by atoms with Crippen molar-refractivity contribution in [3.63, 3.8) is 0 Å². The molecule has 178 valence electrons. The summed E-state index contributed by atoms with van der Waals surface area (Å²) in [6.07, 6.45) is -4.52. The van der Waals surface area contributed by atoms with Gasteiger partial charge in [-0.05, 0) is 41.8 Å². The van der Waals surface area contributed by atoms with Gasteiger partial charge in [0.15, 0.2) is 11.0 Å². The predicted octanol–water partition coefficient (Wildman–Crippen LogP) is 5.55. The van der Waals surface area contributed by atoms with Crippen LogP contribution in [-0.4, -0.2) is 31.8 Å². The summed E-state index contributed by atoms with van der Waals surface area (Å²) < 4.78 is 46.8. The number of methoxy groups -OCH3 is 1. The second-order valence-corrected chi connectivity index (χ2v) is 9.22. The van der Waals surface area contributed by atoms with Crippen LogP contribution < -0.4 is 10.3 Å². The summed E-state index contributed by atoms with van der Waals surface area (Å²) in [6, 6.07) is 14.2. The highest BCUT2D eigenvalue weighted by atomic mass is 32.2. The Balaban J connectivity index is 1.53. The smallest absolute Gasteiger partial charge is 0.416 e. The molecule has 0 spiro atoms. The average Bonchev–Trinajstić information content (AvgIpc) is 3.51. The highest BCUT2D eigenvalue weighted by molar-refractivity contribution is 7.98. The van der Waals surface area contributed by atoms with Crippen molar-refractivity contribution < 1.29 is 17.9 Å². The molecular formula is C23H16F3N5O2S2. The van der Waals surface area contributed by atoms with E-state index in [0.29, 0.717) is 16.7 Å². The summed E-state index contributed by atoms with van der Waals surface area (Å²) >= 11 is 2.75. The number of alkyl halides is 3. The number of ether oxygens (including phenoxy) is 1. The van der Waals surface area contributed by atoms with Gasteiger partial charge in [0.2, 0.25) is 0 Å². The fraction of sp³-hybridized carbons (Fsp3) is 0.130. The van der Waals surface area contributed by atoms with Gasteiger partial charge >= 0.3 is 6.18 Å². The largest absolute Gasteiger partial charge is 0.495 e. The van der Waals surface area contributed by atoms with Gasteiger partial charge < -0.3 is 9.72 Å². The molecule has 35 heavy (non-hydrogen) atoms. The Morgan fingerprint density at radius 1 is 1.11 bits per heavy atom. The van der Waals surface area contributed by atoms with E-state index in [1.807, 2.05) is 46.3 Å². The average molecular weight is 516 g/mol. The Morgan fingerprint density at radius 2 is 1.94 bits per heavy atom. The number of thioether (sulfide) groups is 1. The molecule has 3 heterocycles. The first-order chi connectivity index (χ1) is 16.8. The highest BCUT2D eigenvalue weighted by Crippen LogP contribution is 2.35. The Bertz CT molecular complexity index is 1560. The third-order valence-electron chi connectivity index (χ3n) is 5.13. The second-order valence-electron chi connectivity index (χ2n) is 7.33. The van der Waals surface area contributed by atoms with Crippen LogP contribution in [0.25, 0.3) is 27.3 Å². The van der Waals surface area contributed by atoms with E-state index >= 15 is 0 Å². The van der Waals surface area contributed by atoms with Crippen LogP contribution >= 0.6 is 23.1 Å². The molecule has 12 heteroatoms. The van der Waals surface area contributed by atoms with Crippen LogP contribution in [0, 0.1) is 0 Å². The number of para-hydroxylation sites is 2. The van der Waals surface area contributed by atoms with E-state index in [1.54, 1.807) is 7.11 Å². The number of H-pyrrole nitrogens is 1. The molecule has 0 bridgehead atoms. The lowest BCUT2D eigenvalue weighted by Crippen LogP contribution is -2.13. The third kappa shape index (κ3) is 4.54. The van der Waals surface area contributed by atoms with Crippen molar-refractivity contribution in [2.75, 3.05) is 7.11 Å². The SMILES string of the molecule is COc1ccccc1-n1c(SCc2nc(=O)c3ccc(C(F)(F)F)cc3[nH]2)nnc1-c1cccs1. The Labute approximate surface area is 204 Å². The van der Waals surface area contributed by atoms with Gasteiger partial charge in [0.25, 0.3) is 5.56 Å². The number of fused-ring (bicyclic) bond motifs is 1. The molecule has 0 amide bonds. The summed E-state index contributed by atoms with van der Waals surface area (Å²) in [5.41, 5.74) is -0.655. The Hall–Kier alpha value is -3.64. The van der Waals surface area contributed by atoms with E-state index in [1.165, 1.54) is 23.1 Å². The molecular weight excluding hydrogens is 499 g/mol. The third-order valence-corrected chi connectivity index (χ3v) is 6.94. The predicted molar refractivity (Wildman–Crippen MR) is 128 cm³/mol. The van der Waals surface area contributed by atoms with Crippen molar-refractivity contribution in [3.8, 4) is 22.1 Å². The van der Waals surface area contributed by atoms with Crippen molar-refractivity contribution in [2.24, 2.45) is 0 Å². The van der Waals surface area contributed by atoms with Crippen LogP contribution in [0.4, 0.5) is 13.2 Å². The fourth-order valence-electron chi connectivity index (χ4n) is 3.54. The molecule has 7 nitrogen and oxygen atoms in total. The number of rotatable bonds is 6. The first kappa shape index (κ1) is 23.1. The number of halogens is 3. The van der Waals surface area contributed by atoms with Gasteiger partial charge in [-0.15, -0.1) is 21.5 Å². The van der Waals surface area contributed by atoms with Crippen molar-refractivity contribution in [2.45, 2.75) is 17.1 Å². The van der Waals surface area contributed by atoms with E-state index in [9.17, 15) is 18.0 Å². The van der Waals surface area contributed by atoms with Crippen molar-refractivity contribution in [1.29, 1.82) is 0 Å². The number of nitrogens with zero attached hydrogens (tertiary/aromatic N) is 4. The standard InChI is InChI=1S/C23H16F3N5O2S2/c1-33-17-6-3-2-5-16(17)31-20(18-7-4-10-34-18)29-30-22(31)35-12-19-27-15-11-13(23(24,25)26)8-9-14(15)21(32)28-19/h2-11H,12H2,1H3,(H,27,28,32). The van der Waals surface area contributed by atoms with E-state index in [2.05, 4.69) is 20.2 Å². The summed E-state index contributed by atoms with van der Waals surface area (Å²) in [5.74, 6) is 1.60.